The zero-order valence-electron chi connectivity index (χ0n) is 82.3. The standard InChI is InChI=1S/C34H24N2S.2C33H23N3O.C32H22N4O/c1-34(2)26-15-9-16-28-31(26)36(33(35-28)21-10-4-3-5-11-21)29-19-18-22(20-27(29)34)23-13-8-14-25-24-12-6-7-17-30(24)37-32(23)25;1-33(2)25-12-6-13-27-30(25)36(32(35-27)21-8-7-17-34-19-21)28-16-15-20(18-26(28)33)22-10-5-11-24-23-9-3-4-14-29(23)37-31(22)24;1-33(2)25-10-6-11-27-30(25)36(32(35-27)20-15-17-34-18-16-20)28-14-13-21(19-26(28)33)22-8-5-9-24-23-7-3-4-12-29(23)37-31(22)24;1-32(2)23-10-6-11-25-29(23)36(31(35-25)26-15-16-33-18-34-26)27-14-13-19(17-24(27)32)20-8-5-9-22-21-7-3-4-12-28(21)37-30(20)22/h3-20H,1-2H3;2*3-19H,1-2H3;3-18H,1-2H3. The highest BCUT2D eigenvalue weighted by Gasteiger charge is 2.42. The topological polar surface area (TPSA) is 162 Å². The van der Waals surface area contributed by atoms with Crippen molar-refractivity contribution in [2.75, 3.05) is 0 Å². The summed E-state index contributed by atoms with van der Waals surface area (Å²) in [7, 11) is 0. The van der Waals surface area contributed by atoms with Crippen molar-refractivity contribution in [2.45, 2.75) is 77.0 Å². The van der Waals surface area contributed by atoms with Crippen molar-refractivity contribution in [2.24, 2.45) is 0 Å². The van der Waals surface area contributed by atoms with Crippen molar-refractivity contribution in [3.63, 3.8) is 0 Å². The summed E-state index contributed by atoms with van der Waals surface area (Å²) in [6, 6.07) is 133. The van der Waals surface area contributed by atoms with E-state index >= 15 is 0 Å². The van der Waals surface area contributed by atoms with Crippen LogP contribution < -0.4 is 0 Å². The van der Waals surface area contributed by atoms with E-state index in [0.717, 1.165) is 184 Å². The number of rotatable bonds is 8. The van der Waals surface area contributed by atoms with Gasteiger partial charge in [0.1, 0.15) is 63.0 Å². The average Bonchev–Trinajstić information content (AvgIpc) is 1.57. The minimum absolute atomic E-state index is 0.150. The number of pyridine rings is 2. The Hall–Kier alpha value is -18.4. The van der Waals surface area contributed by atoms with Crippen molar-refractivity contribution in [3.05, 3.63) is 458 Å². The van der Waals surface area contributed by atoms with Crippen LogP contribution in [0.4, 0.5) is 0 Å². The van der Waals surface area contributed by atoms with Crippen LogP contribution in [0, 0.1) is 0 Å². The van der Waals surface area contributed by atoms with Gasteiger partial charge in [0.05, 0.1) is 66.9 Å². The summed E-state index contributed by atoms with van der Waals surface area (Å²) in [6.45, 7) is 18.6. The summed E-state index contributed by atoms with van der Waals surface area (Å²) in [5.74, 6) is 3.68. The van der Waals surface area contributed by atoms with Crippen molar-refractivity contribution >= 4 is 141 Å². The van der Waals surface area contributed by atoms with Gasteiger partial charge in [0.25, 0.3) is 0 Å². The van der Waals surface area contributed by atoms with Crippen LogP contribution in [0.2, 0.25) is 0 Å². The van der Waals surface area contributed by atoms with Crippen LogP contribution in [0.5, 0.6) is 0 Å². The van der Waals surface area contributed by atoms with Crippen LogP contribution in [-0.2, 0) is 21.7 Å². The predicted octanol–water partition coefficient (Wildman–Crippen LogP) is 33.6. The number of thiophene rings is 1. The monoisotopic (exact) mass is 1920 g/mol. The first-order valence-electron chi connectivity index (χ1n) is 50.4. The van der Waals surface area contributed by atoms with Crippen LogP contribution in [-0.4, -0.2) is 58.1 Å². The summed E-state index contributed by atoms with van der Waals surface area (Å²) in [5, 5.41) is 9.54. The minimum Gasteiger partial charge on any atom is -0.455 e. The molecule has 0 fully saturated rings. The molecule has 0 saturated heterocycles. The van der Waals surface area contributed by atoms with Crippen LogP contribution in [0.1, 0.15) is 99.9 Å². The van der Waals surface area contributed by atoms with Crippen molar-refractivity contribution < 1.29 is 13.3 Å². The lowest BCUT2D eigenvalue weighted by molar-refractivity contribution is 0.629. The summed E-state index contributed by atoms with van der Waals surface area (Å²) >= 11 is 1.89. The van der Waals surface area contributed by atoms with Crippen molar-refractivity contribution in [1.29, 1.82) is 0 Å². The second kappa shape index (κ2) is 32.6. The van der Waals surface area contributed by atoms with Gasteiger partial charge < -0.3 is 13.3 Å². The van der Waals surface area contributed by atoms with Gasteiger partial charge in [0.2, 0.25) is 0 Å². The van der Waals surface area contributed by atoms with Gasteiger partial charge in [-0.3, -0.25) is 28.2 Å². The molecule has 0 saturated carbocycles. The first-order valence-corrected chi connectivity index (χ1v) is 51.2. The molecule has 0 unspecified atom stereocenters. The quantitative estimate of drug-likeness (QED) is 0.142. The van der Waals surface area contributed by atoms with Gasteiger partial charge in [0.15, 0.2) is 5.82 Å². The molecule has 148 heavy (non-hydrogen) atoms. The van der Waals surface area contributed by atoms with E-state index < -0.39 is 0 Å². The molecular formula is C132H92N12O3S. The number of para-hydroxylation sites is 10. The molecule has 15 nitrogen and oxygen atoms in total. The number of hydrogen-bond donors (Lipinski definition) is 0. The molecule has 0 aliphatic carbocycles. The molecule has 11 aromatic heterocycles. The number of fused-ring (bicyclic) bond motifs is 20. The number of imidazole rings is 4. The molecule has 4 aliphatic rings. The molecule has 0 spiro atoms. The largest absolute Gasteiger partial charge is 0.455 e. The zero-order chi connectivity index (χ0) is 98.9. The maximum absolute atomic E-state index is 6.38. The zero-order valence-corrected chi connectivity index (χ0v) is 83.1. The van der Waals surface area contributed by atoms with E-state index in [2.05, 4.69) is 409 Å². The van der Waals surface area contributed by atoms with E-state index in [-0.39, 0.29) is 21.7 Å². The number of furan rings is 3. The maximum atomic E-state index is 6.38. The summed E-state index contributed by atoms with van der Waals surface area (Å²) in [4.78, 5) is 37.5. The number of hydrogen-bond acceptors (Lipinski definition) is 12. The minimum atomic E-state index is -0.217. The average molecular weight is 1930 g/mol. The van der Waals surface area contributed by atoms with E-state index in [9.17, 15) is 0 Å². The molecule has 32 rings (SSSR count). The second-order valence-electron chi connectivity index (χ2n) is 41.3. The first kappa shape index (κ1) is 86.3. The molecule has 0 bridgehead atoms. The van der Waals surface area contributed by atoms with Gasteiger partial charge in [0, 0.05) is 139 Å². The highest BCUT2D eigenvalue weighted by Crippen LogP contribution is 2.56. The lowest BCUT2D eigenvalue weighted by Gasteiger charge is -2.35. The van der Waals surface area contributed by atoms with Crippen LogP contribution >= 0.6 is 11.3 Å². The molecule has 28 aromatic rings. The second-order valence-corrected chi connectivity index (χ2v) is 42.3. The van der Waals surface area contributed by atoms with Gasteiger partial charge >= 0.3 is 0 Å². The Morgan fingerprint density at radius 2 is 0.574 bits per heavy atom. The van der Waals surface area contributed by atoms with Gasteiger partial charge in [-0.05, 0) is 200 Å². The summed E-state index contributed by atoms with van der Waals surface area (Å²) in [5.41, 5.74) is 41.7. The molecule has 4 aliphatic heterocycles. The Labute approximate surface area is 854 Å². The Kier molecular flexibility index (Phi) is 19.0. The van der Waals surface area contributed by atoms with E-state index in [0.29, 0.717) is 0 Å². The van der Waals surface area contributed by atoms with Crippen LogP contribution in [0.15, 0.2) is 427 Å². The normalized spacial score (nSPS) is 13.9. The highest BCUT2D eigenvalue weighted by atomic mass is 32.1. The third-order valence-corrected chi connectivity index (χ3v) is 32.8. The SMILES string of the molecule is CC1(C)c2cc(-c3cccc4c3oc3ccccc34)ccc2-n2c(-c3cccnc3)nc3cccc1c32.CC1(C)c2cc(-c3cccc4c3oc3ccccc34)ccc2-n2c(-c3ccncc3)nc3cccc1c32.CC1(C)c2cc(-c3cccc4c3oc3ccccc34)ccc2-n2c(-c3ccncn3)nc3cccc1c32.CC1(C)c2cc(-c3cccc4c3sc3ccccc34)ccc2-n2c(-c3ccccc3)nc3cccc1c32. The molecule has 15 heterocycles. The summed E-state index contributed by atoms with van der Waals surface area (Å²) in [6.07, 6.45) is 10.7. The molecule has 0 N–H and O–H groups in total. The Bertz CT molecular complexity index is 9230. The van der Waals surface area contributed by atoms with Crippen molar-refractivity contribution in [1.82, 2.24) is 58.1 Å². The van der Waals surface area contributed by atoms with E-state index in [1.807, 2.05) is 90.6 Å². The first-order chi connectivity index (χ1) is 72.4. The fourth-order valence-electron chi connectivity index (χ4n) is 24.3. The maximum Gasteiger partial charge on any atom is 0.164 e. The van der Waals surface area contributed by atoms with E-state index in [4.69, 9.17) is 33.2 Å². The smallest absolute Gasteiger partial charge is 0.164 e. The molecular weight excluding hydrogens is 1830 g/mol. The summed E-state index contributed by atoms with van der Waals surface area (Å²) < 4.78 is 31.1. The fraction of sp³-hybridized carbons (Fsp3) is 0.0909. The van der Waals surface area contributed by atoms with Gasteiger partial charge in [-0.25, -0.2) is 29.9 Å². The van der Waals surface area contributed by atoms with E-state index in [1.165, 1.54) is 104 Å². The Morgan fingerprint density at radius 1 is 0.236 bits per heavy atom. The van der Waals surface area contributed by atoms with Gasteiger partial charge in [-0.15, -0.1) is 11.3 Å². The fourth-order valence-corrected chi connectivity index (χ4v) is 25.5. The molecule has 0 atom stereocenters. The molecule has 17 aromatic carbocycles. The Morgan fingerprint density at radius 3 is 0.986 bits per heavy atom. The molecule has 16 heteroatoms. The molecule has 704 valence electrons. The van der Waals surface area contributed by atoms with Gasteiger partial charge in [-0.2, -0.15) is 0 Å². The van der Waals surface area contributed by atoms with Crippen LogP contribution in [0.25, 0.3) is 243 Å². The Balaban J connectivity index is 0.0000000930. The van der Waals surface area contributed by atoms with Crippen LogP contribution in [0.3, 0.4) is 0 Å². The highest BCUT2D eigenvalue weighted by molar-refractivity contribution is 7.26. The number of nitrogens with zero attached hydrogens (tertiary/aromatic N) is 12. The number of aromatic nitrogens is 12. The van der Waals surface area contributed by atoms with Crippen molar-refractivity contribution in [3.8, 4) is 113 Å². The molecule has 0 radical (unpaired) electrons. The van der Waals surface area contributed by atoms with Gasteiger partial charge in [-0.1, -0.05) is 304 Å². The number of benzene rings is 17. The lowest BCUT2D eigenvalue weighted by Crippen LogP contribution is -2.26. The third-order valence-electron chi connectivity index (χ3n) is 31.6. The predicted molar refractivity (Wildman–Crippen MR) is 602 cm³/mol. The lowest BCUT2D eigenvalue weighted by atomic mass is 9.74. The van der Waals surface area contributed by atoms with E-state index in [1.54, 1.807) is 18.7 Å². The third kappa shape index (κ3) is 12.9. The molecule has 0 amide bonds.